The van der Waals surface area contributed by atoms with E-state index in [0.29, 0.717) is 19.3 Å². The van der Waals surface area contributed by atoms with Crippen molar-refractivity contribution in [3.8, 4) is 0 Å². The minimum absolute atomic E-state index is 0.0444. The lowest BCUT2D eigenvalue weighted by molar-refractivity contribution is -0.153. The summed E-state index contributed by atoms with van der Waals surface area (Å²) in [4.78, 5) is 20.7. The maximum Gasteiger partial charge on any atom is 0.341 e. The second-order valence-corrected chi connectivity index (χ2v) is 3.92. The summed E-state index contributed by atoms with van der Waals surface area (Å²) in [6, 6.07) is 0. The summed E-state index contributed by atoms with van der Waals surface area (Å²) in [5.41, 5.74) is -2.23. The smallest absolute Gasteiger partial charge is 0.341 e. The van der Waals surface area contributed by atoms with Gasteiger partial charge in [-0.05, 0) is 19.8 Å². The zero-order valence-electron chi connectivity index (χ0n) is 8.99. The molecule has 2 N–H and O–H groups in total. The molecule has 0 aromatic heterocycles. The number of hydrogen-bond donors (Lipinski definition) is 2. The predicted molar refractivity (Wildman–Crippen MR) is 52.4 cm³/mol. The van der Waals surface area contributed by atoms with Crippen LogP contribution in [0.3, 0.4) is 0 Å². The summed E-state index contributed by atoms with van der Waals surface area (Å²) >= 11 is 0. The largest absolute Gasteiger partial charge is 0.481 e. The van der Waals surface area contributed by atoms with Crippen LogP contribution in [0.1, 0.15) is 39.5 Å². The minimum atomic E-state index is -2.23. The van der Waals surface area contributed by atoms with Crippen LogP contribution in [0, 0.1) is 5.92 Å². The van der Waals surface area contributed by atoms with Gasteiger partial charge in [0.25, 0.3) is 0 Å². The molecule has 4 nitrogen and oxygen atoms in total. The van der Waals surface area contributed by atoms with Crippen molar-refractivity contribution in [2.45, 2.75) is 45.2 Å². The number of hydrogen-bond acceptors (Lipinski definition) is 2. The summed E-state index contributed by atoms with van der Waals surface area (Å²) in [6.07, 6.45) is 1.41. The van der Waals surface area contributed by atoms with Crippen LogP contribution >= 0.6 is 0 Å². The Labute approximate surface area is 88.1 Å². The molecule has 15 heavy (non-hydrogen) atoms. The Balaban J connectivity index is 3.88. The molecule has 0 aromatic carbocycles. The quantitative estimate of drug-likeness (QED) is 0.644. The van der Waals surface area contributed by atoms with Crippen molar-refractivity contribution in [1.29, 1.82) is 0 Å². The first-order chi connectivity index (χ1) is 6.78. The summed E-state index contributed by atoms with van der Waals surface area (Å²) in [5.74, 6) is -2.96. The van der Waals surface area contributed by atoms with Crippen molar-refractivity contribution in [2.24, 2.45) is 5.92 Å². The zero-order chi connectivity index (χ0) is 12.1. The fourth-order valence-corrected chi connectivity index (χ4v) is 1.21. The van der Waals surface area contributed by atoms with Gasteiger partial charge in [0.1, 0.15) is 0 Å². The van der Waals surface area contributed by atoms with Gasteiger partial charge < -0.3 is 10.2 Å². The molecule has 5 heteroatoms. The molecule has 0 fully saturated rings. The van der Waals surface area contributed by atoms with E-state index in [1.54, 1.807) is 0 Å². The summed E-state index contributed by atoms with van der Waals surface area (Å²) in [6.45, 7) is 2.56. The lowest BCUT2D eigenvalue weighted by Gasteiger charge is -2.22. The Morgan fingerprint density at radius 2 is 1.87 bits per heavy atom. The van der Waals surface area contributed by atoms with Gasteiger partial charge in [-0.25, -0.2) is 9.18 Å². The number of halogens is 1. The minimum Gasteiger partial charge on any atom is -0.481 e. The Kier molecular flexibility index (Phi) is 5.25. The molecule has 0 spiro atoms. The molecule has 0 heterocycles. The summed E-state index contributed by atoms with van der Waals surface area (Å²) in [5, 5.41) is 16.9. The molecule has 0 radical (unpaired) electrons. The van der Waals surface area contributed by atoms with Crippen LogP contribution in [-0.2, 0) is 9.59 Å². The molecule has 0 aliphatic heterocycles. The van der Waals surface area contributed by atoms with E-state index in [2.05, 4.69) is 0 Å². The van der Waals surface area contributed by atoms with E-state index in [9.17, 15) is 14.0 Å². The molecular weight excluding hydrogens is 203 g/mol. The summed E-state index contributed by atoms with van der Waals surface area (Å²) < 4.78 is 13.5. The number of rotatable bonds is 7. The van der Waals surface area contributed by atoms with E-state index in [4.69, 9.17) is 10.2 Å². The summed E-state index contributed by atoms with van der Waals surface area (Å²) in [7, 11) is 0. The van der Waals surface area contributed by atoms with Gasteiger partial charge >= 0.3 is 11.9 Å². The van der Waals surface area contributed by atoms with Gasteiger partial charge in [0.2, 0.25) is 5.67 Å². The van der Waals surface area contributed by atoms with E-state index in [1.807, 2.05) is 0 Å². The van der Waals surface area contributed by atoms with Gasteiger partial charge in [-0.15, -0.1) is 0 Å². The van der Waals surface area contributed by atoms with Gasteiger partial charge in [0.15, 0.2) is 0 Å². The highest BCUT2D eigenvalue weighted by atomic mass is 19.1. The Morgan fingerprint density at radius 3 is 2.27 bits per heavy atom. The number of carboxylic acids is 2. The van der Waals surface area contributed by atoms with Gasteiger partial charge in [-0.1, -0.05) is 13.3 Å². The normalized spacial score (nSPS) is 16.7. The van der Waals surface area contributed by atoms with Crippen molar-refractivity contribution in [2.75, 3.05) is 0 Å². The van der Waals surface area contributed by atoms with Crippen LogP contribution in [0.25, 0.3) is 0 Å². The Morgan fingerprint density at radius 1 is 1.33 bits per heavy atom. The molecule has 0 saturated heterocycles. The first-order valence-corrected chi connectivity index (χ1v) is 4.92. The van der Waals surface area contributed by atoms with Crippen molar-refractivity contribution in [3.05, 3.63) is 0 Å². The van der Waals surface area contributed by atoms with Crippen molar-refractivity contribution < 1.29 is 24.2 Å². The van der Waals surface area contributed by atoms with Crippen molar-refractivity contribution >= 4 is 11.9 Å². The average molecular weight is 220 g/mol. The van der Waals surface area contributed by atoms with Crippen LogP contribution in [0.4, 0.5) is 4.39 Å². The van der Waals surface area contributed by atoms with E-state index in [1.165, 1.54) is 6.92 Å². The van der Waals surface area contributed by atoms with Crippen molar-refractivity contribution in [3.63, 3.8) is 0 Å². The van der Waals surface area contributed by atoms with Crippen molar-refractivity contribution in [1.82, 2.24) is 0 Å². The Hall–Kier alpha value is -1.13. The number of carboxylic acid groups (broad SMARTS) is 2. The SMILES string of the molecule is CC(CCCCC(=O)O)C(C)(F)C(=O)O. The van der Waals surface area contributed by atoms with Gasteiger partial charge in [0.05, 0.1) is 0 Å². The molecule has 0 amide bonds. The molecule has 0 rings (SSSR count). The standard InChI is InChI=1S/C10H17FO4/c1-7(10(2,11)9(14)15)5-3-4-6-8(12)13/h7H,3-6H2,1-2H3,(H,12,13)(H,14,15). The Bertz CT molecular complexity index is 238. The lowest BCUT2D eigenvalue weighted by Crippen LogP contribution is -2.37. The van der Waals surface area contributed by atoms with Crippen LogP contribution in [0.15, 0.2) is 0 Å². The fraction of sp³-hybridized carbons (Fsp3) is 0.800. The monoisotopic (exact) mass is 220 g/mol. The molecule has 0 saturated carbocycles. The molecular formula is C10H17FO4. The predicted octanol–water partition coefficient (Wildman–Crippen LogP) is 2.08. The lowest BCUT2D eigenvalue weighted by atomic mass is 9.88. The third-order valence-electron chi connectivity index (χ3n) is 2.62. The molecule has 2 atom stereocenters. The topological polar surface area (TPSA) is 74.6 Å². The van der Waals surface area contributed by atoms with Gasteiger partial charge in [-0.3, -0.25) is 4.79 Å². The molecule has 0 bridgehead atoms. The number of unbranched alkanes of at least 4 members (excludes halogenated alkanes) is 1. The molecule has 0 aliphatic rings. The molecule has 0 aliphatic carbocycles. The zero-order valence-corrected chi connectivity index (χ0v) is 8.99. The number of carbonyl (C=O) groups is 2. The highest BCUT2D eigenvalue weighted by Crippen LogP contribution is 2.26. The second kappa shape index (κ2) is 5.68. The maximum absolute atomic E-state index is 13.5. The van der Waals surface area contributed by atoms with Crippen LogP contribution in [0.5, 0.6) is 0 Å². The highest BCUT2D eigenvalue weighted by molar-refractivity contribution is 5.77. The fourth-order valence-electron chi connectivity index (χ4n) is 1.21. The third-order valence-corrected chi connectivity index (χ3v) is 2.62. The van der Waals surface area contributed by atoms with Gasteiger partial charge in [-0.2, -0.15) is 0 Å². The average Bonchev–Trinajstić information content (AvgIpc) is 2.11. The first kappa shape index (κ1) is 13.9. The van der Waals surface area contributed by atoms with E-state index >= 15 is 0 Å². The third kappa shape index (κ3) is 4.76. The van der Waals surface area contributed by atoms with E-state index in [0.717, 1.165) is 6.92 Å². The molecule has 88 valence electrons. The molecule has 0 aromatic rings. The maximum atomic E-state index is 13.5. The second-order valence-electron chi connectivity index (χ2n) is 3.92. The van der Waals surface area contributed by atoms with Crippen LogP contribution < -0.4 is 0 Å². The highest BCUT2D eigenvalue weighted by Gasteiger charge is 2.38. The van der Waals surface area contributed by atoms with E-state index < -0.39 is 23.5 Å². The van der Waals surface area contributed by atoms with Crippen LogP contribution in [0.2, 0.25) is 0 Å². The first-order valence-electron chi connectivity index (χ1n) is 4.92. The van der Waals surface area contributed by atoms with E-state index in [-0.39, 0.29) is 6.42 Å². The van der Waals surface area contributed by atoms with Gasteiger partial charge in [0, 0.05) is 12.3 Å². The number of aliphatic carboxylic acids is 2. The molecule has 2 unspecified atom stereocenters. The number of alkyl halides is 1. The van der Waals surface area contributed by atoms with Crippen LogP contribution in [-0.4, -0.2) is 27.8 Å².